The van der Waals surface area contributed by atoms with Crippen molar-refractivity contribution in [3.05, 3.63) is 175 Å². The number of ether oxygens (including phenoxy) is 5. The third-order valence-electron chi connectivity index (χ3n) is 7.55. The van der Waals surface area contributed by atoms with Crippen LogP contribution in [0.15, 0.2) is 121 Å². The van der Waals surface area contributed by atoms with Crippen molar-refractivity contribution in [1.82, 2.24) is 0 Å². The van der Waals surface area contributed by atoms with Gasteiger partial charge in [-0.05, 0) is 77.6 Å². The number of hydrogen-bond donors (Lipinski definition) is 5. The first-order valence-electron chi connectivity index (χ1n) is 19.2. The molecular formula is C47H51Cl3O15. The average molecular weight is 962 g/mol. The molecule has 0 unspecified atom stereocenters. The van der Waals surface area contributed by atoms with E-state index in [4.69, 9.17) is 84.0 Å². The Labute approximate surface area is 391 Å². The van der Waals surface area contributed by atoms with Gasteiger partial charge in [0, 0.05) is 15.1 Å². The molecule has 0 amide bonds. The van der Waals surface area contributed by atoms with E-state index in [-0.39, 0.29) is 46.2 Å². The minimum atomic E-state index is -0.980. The third kappa shape index (κ3) is 31.6. The van der Waals surface area contributed by atoms with Gasteiger partial charge in [-0.3, -0.25) is 0 Å². The van der Waals surface area contributed by atoms with E-state index < -0.39 is 29.8 Å². The molecule has 0 heterocycles. The highest BCUT2D eigenvalue weighted by Crippen LogP contribution is 2.16. The number of carboxylic acids is 5. The van der Waals surface area contributed by atoms with Crippen LogP contribution in [0, 0.1) is 13.8 Å². The average Bonchev–Trinajstić information content (AvgIpc) is 3.23. The molecule has 0 fully saturated rings. The molecule has 5 aromatic rings. The molecule has 0 radical (unpaired) electrons. The molecular weight excluding hydrogens is 911 g/mol. The van der Waals surface area contributed by atoms with Crippen LogP contribution >= 0.6 is 34.8 Å². The van der Waals surface area contributed by atoms with Crippen molar-refractivity contribution in [2.45, 2.75) is 46.9 Å². The van der Waals surface area contributed by atoms with Gasteiger partial charge in [-0.25, -0.2) is 24.0 Å². The molecule has 0 aliphatic rings. The second kappa shape index (κ2) is 34.5. The number of carboxylic acid groups (broad SMARTS) is 5. The lowest BCUT2D eigenvalue weighted by molar-refractivity contribution is -0.143. The summed E-state index contributed by atoms with van der Waals surface area (Å²) in [4.78, 5) is 50.6. The molecule has 5 N–H and O–H groups in total. The van der Waals surface area contributed by atoms with E-state index in [1.54, 1.807) is 54.6 Å². The maximum atomic E-state index is 10.1. The predicted octanol–water partition coefficient (Wildman–Crippen LogP) is 9.02. The summed E-state index contributed by atoms with van der Waals surface area (Å²) in [6, 6.07) is 36.9. The number of aryl methyl sites for hydroxylation is 2. The first-order chi connectivity index (χ1) is 30.9. The molecule has 0 aliphatic heterocycles. The zero-order valence-corrected chi connectivity index (χ0v) is 37.8. The van der Waals surface area contributed by atoms with Gasteiger partial charge in [0.15, 0.2) is 0 Å². The zero-order valence-electron chi connectivity index (χ0n) is 35.6. The minimum Gasteiger partial charge on any atom is -0.480 e. The maximum Gasteiger partial charge on any atom is 0.329 e. The van der Waals surface area contributed by atoms with E-state index in [2.05, 4.69) is 0 Å². The Morgan fingerprint density at radius 2 is 0.800 bits per heavy atom. The zero-order chi connectivity index (χ0) is 48.4. The van der Waals surface area contributed by atoms with Gasteiger partial charge in [0.25, 0.3) is 0 Å². The van der Waals surface area contributed by atoms with Gasteiger partial charge in [-0.15, -0.1) is 0 Å². The number of aliphatic carboxylic acids is 5. The fourth-order valence-electron chi connectivity index (χ4n) is 4.66. The van der Waals surface area contributed by atoms with E-state index in [9.17, 15) is 24.0 Å². The van der Waals surface area contributed by atoms with Crippen LogP contribution in [-0.4, -0.2) is 88.4 Å². The van der Waals surface area contributed by atoms with E-state index in [1.165, 1.54) is 0 Å². The highest BCUT2D eigenvalue weighted by molar-refractivity contribution is 6.31. The van der Waals surface area contributed by atoms with Crippen LogP contribution in [0.4, 0.5) is 0 Å². The Balaban J connectivity index is 0.000000406. The smallest absolute Gasteiger partial charge is 0.329 e. The number of rotatable bonds is 20. The number of carbonyl (C=O) groups is 5. The maximum absolute atomic E-state index is 10.1. The van der Waals surface area contributed by atoms with Gasteiger partial charge in [0.2, 0.25) is 0 Å². The molecule has 350 valence electrons. The lowest BCUT2D eigenvalue weighted by Gasteiger charge is -2.04. The van der Waals surface area contributed by atoms with E-state index in [0.29, 0.717) is 34.9 Å². The summed E-state index contributed by atoms with van der Waals surface area (Å²) in [5, 5.41) is 43.4. The van der Waals surface area contributed by atoms with Crippen molar-refractivity contribution in [3.8, 4) is 0 Å². The molecule has 65 heavy (non-hydrogen) atoms. The quantitative estimate of drug-likeness (QED) is 0.0490. The van der Waals surface area contributed by atoms with Crippen molar-refractivity contribution >= 4 is 64.6 Å². The van der Waals surface area contributed by atoms with Crippen LogP contribution in [0.5, 0.6) is 0 Å². The van der Waals surface area contributed by atoms with Crippen LogP contribution < -0.4 is 0 Å². The Bertz CT molecular complexity index is 2060. The van der Waals surface area contributed by atoms with Gasteiger partial charge in [-0.1, -0.05) is 131 Å². The molecule has 0 saturated heterocycles. The summed E-state index contributed by atoms with van der Waals surface area (Å²) in [6.07, 6.45) is 0. The summed E-state index contributed by atoms with van der Waals surface area (Å²) < 4.78 is 24.5. The Hall–Kier alpha value is -5.88. The molecule has 0 saturated carbocycles. The Morgan fingerprint density at radius 1 is 0.400 bits per heavy atom. The number of hydrogen-bond acceptors (Lipinski definition) is 10. The van der Waals surface area contributed by atoms with Crippen LogP contribution in [0.1, 0.15) is 38.9 Å². The Morgan fingerprint density at radius 3 is 1.25 bits per heavy atom. The van der Waals surface area contributed by atoms with Crippen molar-refractivity contribution < 1.29 is 73.2 Å². The highest BCUT2D eigenvalue weighted by atomic mass is 35.5. The summed E-state index contributed by atoms with van der Waals surface area (Å²) >= 11 is 17.2. The third-order valence-corrected chi connectivity index (χ3v) is 8.41. The molecule has 18 heteroatoms. The van der Waals surface area contributed by atoms with E-state index in [1.807, 2.05) is 80.6 Å². The fourth-order valence-corrected chi connectivity index (χ4v) is 5.19. The van der Waals surface area contributed by atoms with Crippen molar-refractivity contribution in [2.75, 3.05) is 33.0 Å². The number of halogens is 3. The number of benzene rings is 5. The van der Waals surface area contributed by atoms with Gasteiger partial charge in [0.1, 0.15) is 33.0 Å². The summed E-state index contributed by atoms with van der Waals surface area (Å²) in [5.41, 5.74) is 6.87. The van der Waals surface area contributed by atoms with Gasteiger partial charge < -0.3 is 49.2 Å². The van der Waals surface area contributed by atoms with E-state index in [0.717, 1.165) is 38.9 Å². The summed E-state index contributed by atoms with van der Waals surface area (Å²) in [7, 11) is 0. The van der Waals surface area contributed by atoms with Crippen molar-refractivity contribution in [2.24, 2.45) is 0 Å². The van der Waals surface area contributed by atoms with Crippen molar-refractivity contribution in [3.63, 3.8) is 0 Å². The van der Waals surface area contributed by atoms with Gasteiger partial charge in [-0.2, -0.15) is 0 Å². The second-order valence-corrected chi connectivity index (χ2v) is 14.5. The molecule has 0 aliphatic carbocycles. The molecule has 5 aromatic carbocycles. The van der Waals surface area contributed by atoms with Crippen LogP contribution in [0.25, 0.3) is 0 Å². The summed E-state index contributed by atoms with van der Waals surface area (Å²) in [6.45, 7) is 4.12. The SMILES string of the molecule is Cc1cccc(COCC(=O)O)c1.Cc1ccccc1COCC(=O)O.O=C(O)COCc1ccc(Cl)cc1.O=C(O)COCc1cccc(Cl)c1.O=C(O)COCc1ccccc1Cl. The van der Waals surface area contributed by atoms with Crippen LogP contribution in [0.3, 0.4) is 0 Å². The van der Waals surface area contributed by atoms with Crippen LogP contribution in [-0.2, 0) is 80.7 Å². The standard InChI is InChI=1S/2C10H12O3.3C9H9ClO3/c1-8-3-2-4-9(5-8)6-13-7-10(11)12;1-8-4-2-3-5-9(8)6-13-7-10(11)12;10-8-3-1-7(2-4-8)5-13-6-9(11)12;10-8-3-1-2-7(4-8)5-13-6-9(11)12;10-8-4-2-1-3-7(8)5-13-6-9(11)12/h2*2-5H,6-7H2,1H3,(H,11,12);3*1-4H,5-6H2,(H,11,12). The second-order valence-electron chi connectivity index (χ2n) is 13.2. The molecule has 5 rings (SSSR count). The minimum absolute atomic E-state index is 0.228. The first-order valence-corrected chi connectivity index (χ1v) is 20.4. The summed E-state index contributed by atoms with van der Waals surface area (Å²) in [5.74, 6) is -4.79. The molecule has 0 spiro atoms. The molecule has 15 nitrogen and oxygen atoms in total. The highest BCUT2D eigenvalue weighted by Gasteiger charge is 2.03. The Kier molecular flexibility index (Phi) is 30.3. The van der Waals surface area contributed by atoms with Gasteiger partial charge >= 0.3 is 29.8 Å². The molecule has 0 atom stereocenters. The van der Waals surface area contributed by atoms with Gasteiger partial charge in [0.05, 0.1) is 33.0 Å². The monoisotopic (exact) mass is 960 g/mol. The lowest BCUT2D eigenvalue weighted by atomic mass is 10.1. The normalized spacial score (nSPS) is 9.92. The predicted molar refractivity (Wildman–Crippen MR) is 243 cm³/mol. The lowest BCUT2D eigenvalue weighted by Crippen LogP contribution is -2.07. The largest absolute Gasteiger partial charge is 0.480 e. The molecule has 0 aromatic heterocycles. The molecule has 0 bridgehead atoms. The van der Waals surface area contributed by atoms with Crippen molar-refractivity contribution in [1.29, 1.82) is 0 Å². The topological polar surface area (TPSA) is 233 Å². The van der Waals surface area contributed by atoms with E-state index >= 15 is 0 Å². The fraction of sp³-hybridized carbons (Fsp3) is 0.255. The van der Waals surface area contributed by atoms with Crippen LogP contribution in [0.2, 0.25) is 15.1 Å². The first kappa shape index (κ1) is 57.1.